The van der Waals surface area contributed by atoms with Crippen LogP contribution >= 0.6 is 0 Å². The first-order valence-corrected chi connectivity index (χ1v) is 7.26. The van der Waals surface area contributed by atoms with E-state index in [1.165, 1.54) is 13.3 Å². The summed E-state index contributed by atoms with van der Waals surface area (Å²) < 4.78 is 0. The van der Waals surface area contributed by atoms with Gasteiger partial charge in [0.1, 0.15) is 0 Å². The monoisotopic (exact) mass is 272 g/mol. The van der Waals surface area contributed by atoms with E-state index in [-0.39, 0.29) is 17.7 Å². The van der Waals surface area contributed by atoms with Crippen molar-refractivity contribution in [3.8, 4) is 0 Å². The van der Waals surface area contributed by atoms with Crippen LogP contribution in [-0.4, -0.2) is 11.8 Å². The van der Waals surface area contributed by atoms with E-state index in [1.807, 2.05) is 24.3 Å². The first-order valence-electron chi connectivity index (χ1n) is 7.26. The molecule has 2 N–H and O–H groups in total. The largest absolute Gasteiger partial charge is 0.352 e. The maximum atomic E-state index is 12.0. The summed E-state index contributed by atoms with van der Waals surface area (Å²) in [6, 6.07) is 7.57. The summed E-state index contributed by atoms with van der Waals surface area (Å²) in [6.07, 6.45) is 3.50. The van der Waals surface area contributed by atoms with E-state index in [0.717, 1.165) is 35.9 Å². The van der Waals surface area contributed by atoms with Gasteiger partial charge in [0.15, 0.2) is 0 Å². The molecule has 0 aromatic heterocycles. The Labute approximate surface area is 118 Å². The molecule has 2 saturated carbocycles. The van der Waals surface area contributed by atoms with Gasteiger partial charge < -0.3 is 10.6 Å². The molecular weight excluding hydrogens is 252 g/mol. The third-order valence-corrected chi connectivity index (χ3v) is 4.36. The number of carbonyl (C=O) groups is 2. The molecule has 0 saturated heterocycles. The van der Waals surface area contributed by atoms with Crippen LogP contribution in [0.15, 0.2) is 24.3 Å². The molecule has 1 aromatic carbocycles. The van der Waals surface area contributed by atoms with Crippen molar-refractivity contribution in [1.29, 1.82) is 0 Å². The zero-order valence-electron chi connectivity index (χ0n) is 11.7. The van der Waals surface area contributed by atoms with Gasteiger partial charge in [-0.1, -0.05) is 12.1 Å². The lowest BCUT2D eigenvalue weighted by Gasteiger charge is -2.12. The minimum absolute atomic E-state index is 0.0779. The molecule has 0 aliphatic heterocycles. The summed E-state index contributed by atoms with van der Waals surface area (Å²) in [4.78, 5) is 23.0. The highest BCUT2D eigenvalue weighted by Gasteiger charge is 2.47. The molecule has 20 heavy (non-hydrogen) atoms. The average molecular weight is 272 g/mol. The van der Waals surface area contributed by atoms with E-state index in [2.05, 4.69) is 10.6 Å². The maximum absolute atomic E-state index is 12.0. The highest BCUT2D eigenvalue weighted by Crippen LogP contribution is 2.54. The predicted octanol–water partition coefficient (Wildman–Crippen LogP) is 2.31. The van der Waals surface area contributed by atoms with Crippen molar-refractivity contribution >= 4 is 17.5 Å². The number of hydrogen-bond acceptors (Lipinski definition) is 2. The number of anilines is 1. The highest BCUT2D eigenvalue weighted by atomic mass is 16.2. The molecule has 4 heteroatoms. The second-order valence-corrected chi connectivity index (χ2v) is 6.02. The van der Waals surface area contributed by atoms with Crippen molar-refractivity contribution in [2.45, 2.75) is 32.7 Å². The predicted molar refractivity (Wildman–Crippen MR) is 76.9 cm³/mol. The fourth-order valence-electron chi connectivity index (χ4n) is 3.17. The van der Waals surface area contributed by atoms with E-state index in [0.29, 0.717) is 6.54 Å². The van der Waals surface area contributed by atoms with Crippen LogP contribution in [0.25, 0.3) is 0 Å². The number of nitrogens with one attached hydrogen (secondary N) is 2. The van der Waals surface area contributed by atoms with Crippen molar-refractivity contribution in [2.24, 2.45) is 17.8 Å². The average Bonchev–Trinajstić information content (AvgIpc) is 3.03. The molecule has 2 unspecified atom stereocenters. The summed E-state index contributed by atoms with van der Waals surface area (Å²) in [5, 5.41) is 5.74. The van der Waals surface area contributed by atoms with Crippen molar-refractivity contribution in [3.63, 3.8) is 0 Å². The Morgan fingerprint density at radius 1 is 1.10 bits per heavy atom. The third-order valence-electron chi connectivity index (χ3n) is 4.36. The molecule has 2 fully saturated rings. The van der Waals surface area contributed by atoms with Gasteiger partial charge in [-0.2, -0.15) is 0 Å². The number of fused-ring (bicyclic) bond motifs is 1. The Bertz CT molecular complexity index is 514. The van der Waals surface area contributed by atoms with Gasteiger partial charge in [0.05, 0.1) is 0 Å². The lowest BCUT2D eigenvalue weighted by Crippen LogP contribution is -2.29. The van der Waals surface area contributed by atoms with Gasteiger partial charge in [-0.05, 0) is 48.8 Å². The second kappa shape index (κ2) is 5.27. The zero-order valence-corrected chi connectivity index (χ0v) is 11.7. The van der Waals surface area contributed by atoms with Crippen LogP contribution in [0.4, 0.5) is 5.69 Å². The van der Waals surface area contributed by atoms with Crippen LogP contribution in [0.5, 0.6) is 0 Å². The topological polar surface area (TPSA) is 58.2 Å². The summed E-state index contributed by atoms with van der Waals surface area (Å²) in [7, 11) is 0. The molecule has 3 rings (SSSR count). The van der Waals surface area contributed by atoms with E-state index in [4.69, 9.17) is 0 Å². The minimum Gasteiger partial charge on any atom is -0.352 e. The number of carbonyl (C=O) groups excluding carboxylic acids is 2. The molecule has 2 aliphatic rings. The fraction of sp³-hybridized carbons (Fsp3) is 0.500. The van der Waals surface area contributed by atoms with Crippen molar-refractivity contribution < 1.29 is 9.59 Å². The van der Waals surface area contributed by atoms with Gasteiger partial charge in [-0.15, -0.1) is 0 Å². The lowest BCUT2D eigenvalue weighted by molar-refractivity contribution is -0.125. The fourth-order valence-corrected chi connectivity index (χ4v) is 3.17. The molecule has 0 spiro atoms. The summed E-state index contributed by atoms with van der Waals surface area (Å²) >= 11 is 0. The molecule has 2 atom stereocenters. The van der Waals surface area contributed by atoms with E-state index in [1.54, 1.807) is 0 Å². The van der Waals surface area contributed by atoms with Crippen molar-refractivity contribution in [2.75, 3.05) is 5.32 Å². The van der Waals surface area contributed by atoms with Gasteiger partial charge in [0, 0.05) is 25.1 Å². The van der Waals surface area contributed by atoms with Crippen molar-refractivity contribution in [3.05, 3.63) is 29.8 Å². The van der Waals surface area contributed by atoms with Crippen LogP contribution in [0, 0.1) is 17.8 Å². The summed E-state index contributed by atoms with van der Waals surface area (Å²) in [6.45, 7) is 2.05. The van der Waals surface area contributed by atoms with Gasteiger partial charge >= 0.3 is 0 Å². The van der Waals surface area contributed by atoms with Crippen LogP contribution in [0.1, 0.15) is 31.7 Å². The number of benzene rings is 1. The molecule has 2 amide bonds. The van der Waals surface area contributed by atoms with Crippen LogP contribution in [0.3, 0.4) is 0 Å². The van der Waals surface area contributed by atoms with Crippen LogP contribution < -0.4 is 10.6 Å². The maximum Gasteiger partial charge on any atom is 0.223 e. The molecule has 0 bridgehead atoms. The van der Waals surface area contributed by atoms with Gasteiger partial charge in [0.2, 0.25) is 11.8 Å². The molecule has 106 valence electrons. The van der Waals surface area contributed by atoms with Gasteiger partial charge in [0.25, 0.3) is 0 Å². The molecule has 0 radical (unpaired) electrons. The molecule has 4 nitrogen and oxygen atoms in total. The first kappa shape index (κ1) is 13.2. The molecular formula is C16H20N2O2. The van der Waals surface area contributed by atoms with E-state index < -0.39 is 0 Å². The number of amides is 2. The quantitative estimate of drug-likeness (QED) is 0.883. The van der Waals surface area contributed by atoms with Crippen molar-refractivity contribution in [1.82, 2.24) is 5.32 Å². The van der Waals surface area contributed by atoms with Gasteiger partial charge in [-0.25, -0.2) is 0 Å². The first-order chi connectivity index (χ1) is 9.61. The molecule has 1 aromatic rings. The standard InChI is InChI=1S/C16H20N2O2/c1-10(19)18-15-4-2-11(3-5-15)9-17-16(20)14-7-12-6-13(12)8-14/h2-5,12-14H,6-9H2,1H3,(H,17,20)(H,18,19). The number of hydrogen-bond donors (Lipinski definition) is 2. The Morgan fingerprint density at radius 3 is 2.35 bits per heavy atom. The second-order valence-electron chi connectivity index (χ2n) is 6.02. The smallest absolute Gasteiger partial charge is 0.223 e. The van der Waals surface area contributed by atoms with Crippen LogP contribution in [-0.2, 0) is 16.1 Å². The Balaban J connectivity index is 1.48. The summed E-state index contributed by atoms with van der Waals surface area (Å²) in [5.41, 5.74) is 1.83. The third kappa shape index (κ3) is 3.00. The molecule has 2 aliphatic carbocycles. The Kier molecular flexibility index (Phi) is 3.47. The normalized spacial score (nSPS) is 26.8. The Morgan fingerprint density at radius 2 is 1.75 bits per heavy atom. The van der Waals surface area contributed by atoms with E-state index >= 15 is 0 Å². The number of rotatable bonds is 4. The van der Waals surface area contributed by atoms with E-state index in [9.17, 15) is 9.59 Å². The zero-order chi connectivity index (χ0) is 14.1. The summed E-state index contributed by atoms with van der Waals surface area (Å²) in [5.74, 6) is 2.02. The molecule has 0 heterocycles. The van der Waals surface area contributed by atoms with Gasteiger partial charge in [-0.3, -0.25) is 9.59 Å². The Hall–Kier alpha value is -1.84. The SMILES string of the molecule is CC(=O)Nc1ccc(CNC(=O)C2CC3CC3C2)cc1. The minimum atomic E-state index is -0.0779. The van der Waals surface area contributed by atoms with Crippen LogP contribution in [0.2, 0.25) is 0 Å². The highest BCUT2D eigenvalue weighted by molar-refractivity contribution is 5.88. The lowest BCUT2D eigenvalue weighted by atomic mass is 10.0.